The summed E-state index contributed by atoms with van der Waals surface area (Å²) in [4.78, 5) is 12.0. The molecule has 0 saturated heterocycles. The molecule has 17 heavy (non-hydrogen) atoms. The summed E-state index contributed by atoms with van der Waals surface area (Å²) in [5.41, 5.74) is 1.90. The van der Waals surface area contributed by atoms with E-state index < -0.39 is 0 Å². The first-order chi connectivity index (χ1) is 8.22. The summed E-state index contributed by atoms with van der Waals surface area (Å²) in [5, 5.41) is 3.34. The normalized spacial score (nSPS) is 12.6. The molecule has 2 N–H and O–H groups in total. The molecule has 4 nitrogen and oxygen atoms in total. The standard InChI is InChI=1S/C12H15BrN4/c1-3-14-8(2)10-7-16-12(17-10)11-9(13)5-4-6-15-11/h4-8,14H,3H2,1-2H3,(H,16,17). The van der Waals surface area contributed by atoms with Crippen LogP contribution in [0, 0.1) is 0 Å². The quantitative estimate of drug-likeness (QED) is 0.912. The lowest BCUT2D eigenvalue weighted by Crippen LogP contribution is -2.17. The molecule has 0 bridgehead atoms. The molecular formula is C12H15BrN4. The van der Waals surface area contributed by atoms with E-state index in [-0.39, 0.29) is 6.04 Å². The number of pyridine rings is 1. The van der Waals surface area contributed by atoms with E-state index in [4.69, 9.17) is 0 Å². The number of H-pyrrole nitrogens is 1. The van der Waals surface area contributed by atoms with Crippen LogP contribution < -0.4 is 5.32 Å². The fraction of sp³-hybridized carbons (Fsp3) is 0.333. The Morgan fingerprint density at radius 1 is 1.47 bits per heavy atom. The van der Waals surface area contributed by atoms with Crippen molar-refractivity contribution in [3.63, 3.8) is 0 Å². The minimum absolute atomic E-state index is 0.267. The van der Waals surface area contributed by atoms with Crippen molar-refractivity contribution >= 4 is 15.9 Å². The van der Waals surface area contributed by atoms with E-state index in [1.807, 2.05) is 18.3 Å². The molecule has 0 aliphatic rings. The van der Waals surface area contributed by atoms with E-state index in [9.17, 15) is 0 Å². The molecule has 1 unspecified atom stereocenters. The molecule has 1 atom stereocenters. The number of rotatable bonds is 4. The first kappa shape index (κ1) is 12.3. The lowest BCUT2D eigenvalue weighted by Gasteiger charge is -2.09. The van der Waals surface area contributed by atoms with Crippen molar-refractivity contribution in [2.45, 2.75) is 19.9 Å². The van der Waals surface area contributed by atoms with Crippen LogP contribution in [0.25, 0.3) is 11.5 Å². The van der Waals surface area contributed by atoms with Gasteiger partial charge in [-0.05, 0) is 41.5 Å². The van der Waals surface area contributed by atoms with Gasteiger partial charge in [0.05, 0.1) is 11.9 Å². The van der Waals surface area contributed by atoms with Crippen molar-refractivity contribution in [1.29, 1.82) is 0 Å². The summed E-state index contributed by atoms with van der Waals surface area (Å²) in [5.74, 6) is 0.789. The number of nitrogens with zero attached hydrogens (tertiary/aromatic N) is 2. The number of hydrogen-bond donors (Lipinski definition) is 2. The number of aromatic nitrogens is 3. The van der Waals surface area contributed by atoms with Crippen LogP contribution >= 0.6 is 15.9 Å². The first-order valence-corrected chi connectivity index (χ1v) is 6.40. The van der Waals surface area contributed by atoms with E-state index in [0.717, 1.165) is 28.2 Å². The van der Waals surface area contributed by atoms with Crippen LogP contribution in [0.15, 0.2) is 29.0 Å². The summed E-state index contributed by atoms with van der Waals surface area (Å²) in [7, 11) is 0. The van der Waals surface area contributed by atoms with Crippen molar-refractivity contribution in [3.8, 4) is 11.5 Å². The zero-order valence-electron chi connectivity index (χ0n) is 9.87. The van der Waals surface area contributed by atoms with E-state index in [1.54, 1.807) is 6.20 Å². The van der Waals surface area contributed by atoms with Gasteiger partial charge in [-0.3, -0.25) is 4.98 Å². The lowest BCUT2D eigenvalue weighted by molar-refractivity contribution is 0.586. The van der Waals surface area contributed by atoms with Gasteiger partial charge in [0.15, 0.2) is 5.82 Å². The fourth-order valence-electron chi connectivity index (χ4n) is 1.65. The van der Waals surface area contributed by atoms with Gasteiger partial charge in [0.1, 0.15) is 5.69 Å². The molecule has 0 fully saturated rings. The molecule has 0 aromatic carbocycles. The molecule has 0 aliphatic carbocycles. The minimum atomic E-state index is 0.267. The molecule has 0 radical (unpaired) electrons. The second kappa shape index (κ2) is 5.42. The highest BCUT2D eigenvalue weighted by Gasteiger charge is 2.11. The molecule has 2 aromatic heterocycles. The van der Waals surface area contributed by atoms with Gasteiger partial charge in [-0.2, -0.15) is 0 Å². The average molecular weight is 295 g/mol. The maximum absolute atomic E-state index is 4.36. The molecule has 0 aliphatic heterocycles. The van der Waals surface area contributed by atoms with Gasteiger partial charge in [0.25, 0.3) is 0 Å². The Balaban J connectivity index is 2.27. The van der Waals surface area contributed by atoms with Crippen LogP contribution in [0.4, 0.5) is 0 Å². The van der Waals surface area contributed by atoms with E-state index >= 15 is 0 Å². The van der Waals surface area contributed by atoms with E-state index in [1.165, 1.54) is 0 Å². The smallest absolute Gasteiger partial charge is 0.157 e. The second-order valence-electron chi connectivity index (χ2n) is 3.80. The average Bonchev–Trinajstić information content (AvgIpc) is 2.79. The molecule has 2 aromatic rings. The van der Waals surface area contributed by atoms with E-state index in [0.29, 0.717) is 0 Å². The van der Waals surface area contributed by atoms with Crippen LogP contribution in [0.2, 0.25) is 0 Å². The molecule has 0 amide bonds. The van der Waals surface area contributed by atoms with Crippen LogP contribution in [0.5, 0.6) is 0 Å². The van der Waals surface area contributed by atoms with Crippen molar-refractivity contribution in [2.24, 2.45) is 0 Å². The third kappa shape index (κ3) is 2.73. The van der Waals surface area contributed by atoms with Crippen LogP contribution in [-0.2, 0) is 0 Å². The molecule has 5 heteroatoms. The molecular weight excluding hydrogens is 280 g/mol. The number of halogens is 1. The monoisotopic (exact) mass is 294 g/mol. The molecule has 90 valence electrons. The zero-order chi connectivity index (χ0) is 12.3. The number of aromatic amines is 1. The zero-order valence-corrected chi connectivity index (χ0v) is 11.5. The maximum Gasteiger partial charge on any atom is 0.157 e. The lowest BCUT2D eigenvalue weighted by atomic mass is 10.2. The van der Waals surface area contributed by atoms with Crippen molar-refractivity contribution in [1.82, 2.24) is 20.3 Å². The molecule has 0 saturated carbocycles. The summed E-state index contributed by atoms with van der Waals surface area (Å²) in [6, 6.07) is 4.11. The van der Waals surface area contributed by atoms with Gasteiger partial charge in [-0.25, -0.2) is 4.98 Å². The first-order valence-electron chi connectivity index (χ1n) is 5.61. The Hall–Kier alpha value is -1.20. The van der Waals surface area contributed by atoms with Gasteiger partial charge in [0.2, 0.25) is 0 Å². The van der Waals surface area contributed by atoms with Gasteiger partial charge in [0, 0.05) is 16.7 Å². The minimum Gasteiger partial charge on any atom is -0.339 e. The van der Waals surface area contributed by atoms with Gasteiger partial charge in [-0.15, -0.1) is 0 Å². The Kier molecular flexibility index (Phi) is 3.91. The summed E-state index contributed by atoms with van der Waals surface area (Å²) < 4.78 is 0.942. The fourth-order valence-corrected chi connectivity index (χ4v) is 2.09. The molecule has 2 rings (SSSR count). The summed E-state index contributed by atoms with van der Waals surface area (Å²) in [6.07, 6.45) is 3.61. The third-order valence-electron chi connectivity index (χ3n) is 2.56. The van der Waals surface area contributed by atoms with Crippen molar-refractivity contribution in [3.05, 3.63) is 34.7 Å². The predicted octanol–water partition coefficient (Wildman–Crippen LogP) is 2.90. The van der Waals surface area contributed by atoms with Gasteiger partial charge < -0.3 is 10.3 Å². The topological polar surface area (TPSA) is 53.6 Å². The number of imidazole rings is 1. The largest absolute Gasteiger partial charge is 0.339 e. The Morgan fingerprint density at radius 3 is 3.00 bits per heavy atom. The number of hydrogen-bond acceptors (Lipinski definition) is 3. The Morgan fingerprint density at radius 2 is 2.29 bits per heavy atom. The van der Waals surface area contributed by atoms with E-state index in [2.05, 4.69) is 50.0 Å². The third-order valence-corrected chi connectivity index (χ3v) is 3.19. The molecule has 2 heterocycles. The van der Waals surface area contributed by atoms with Gasteiger partial charge in [-0.1, -0.05) is 6.92 Å². The predicted molar refractivity (Wildman–Crippen MR) is 71.6 cm³/mol. The van der Waals surface area contributed by atoms with Crippen LogP contribution in [-0.4, -0.2) is 21.5 Å². The van der Waals surface area contributed by atoms with Gasteiger partial charge >= 0.3 is 0 Å². The number of nitrogens with one attached hydrogen (secondary N) is 2. The second-order valence-corrected chi connectivity index (χ2v) is 4.65. The Bertz CT molecular complexity index is 495. The summed E-state index contributed by atoms with van der Waals surface area (Å²) in [6.45, 7) is 5.13. The highest BCUT2D eigenvalue weighted by atomic mass is 79.9. The summed E-state index contributed by atoms with van der Waals surface area (Å²) >= 11 is 3.47. The van der Waals surface area contributed by atoms with Crippen molar-refractivity contribution < 1.29 is 0 Å². The molecule has 0 spiro atoms. The van der Waals surface area contributed by atoms with Crippen LogP contribution in [0.1, 0.15) is 25.6 Å². The van der Waals surface area contributed by atoms with Crippen LogP contribution in [0.3, 0.4) is 0 Å². The Labute approximate surface area is 109 Å². The highest BCUT2D eigenvalue weighted by molar-refractivity contribution is 9.10. The maximum atomic E-state index is 4.36. The highest BCUT2D eigenvalue weighted by Crippen LogP contribution is 2.23. The SMILES string of the molecule is CCNC(C)c1cnc(-c2ncccc2Br)[nH]1. The van der Waals surface area contributed by atoms with Crippen molar-refractivity contribution in [2.75, 3.05) is 6.54 Å².